The summed E-state index contributed by atoms with van der Waals surface area (Å²) in [5.41, 5.74) is 0. The van der Waals surface area contributed by atoms with Gasteiger partial charge in [-0.3, -0.25) is 9.69 Å². The van der Waals surface area contributed by atoms with E-state index in [0.29, 0.717) is 25.0 Å². The van der Waals surface area contributed by atoms with Crippen LogP contribution in [-0.2, 0) is 11.3 Å². The Morgan fingerprint density at radius 1 is 1.38 bits per heavy atom. The molecule has 2 heterocycles. The topological polar surface area (TPSA) is 48.7 Å². The summed E-state index contributed by atoms with van der Waals surface area (Å²) in [6, 6.07) is 4.48. The first-order chi connectivity index (χ1) is 11.5. The number of amides is 1. The molecule has 1 aromatic heterocycles. The highest BCUT2D eigenvalue weighted by atomic mass is 16.3. The Bertz CT molecular complexity index is 549. The highest BCUT2D eigenvalue weighted by Crippen LogP contribution is 2.47. The molecule has 2 atom stereocenters. The van der Waals surface area contributed by atoms with Crippen LogP contribution in [0.3, 0.4) is 0 Å². The Balaban J connectivity index is 1.39. The molecule has 1 aliphatic carbocycles. The minimum atomic E-state index is 0.120. The zero-order chi connectivity index (χ0) is 17.1. The van der Waals surface area contributed by atoms with Crippen LogP contribution in [0.2, 0.25) is 0 Å². The standard InChI is InChI=1S/C19H31N3O2/c1-4-22-9-7-15(8-10-22)20-19(23)13-21(3)12-16-5-6-18(24-16)17-11-14(17)2/h5-6,14-15,17H,4,7-13H2,1-3H3,(H,20,23)/t14-,17+/m1/s1. The van der Waals surface area contributed by atoms with Gasteiger partial charge in [0.05, 0.1) is 13.1 Å². The van der Waals surface area contributed by atoms with Gasteiger partial charge >= 0.3 is 0 Å². The molecule has 134 valence electrons. The molecule has 2 fully saturated rings. The van der Waals surface area contributed by atoms with Gasteiger partial charge in [0.1, 0.15) is 11.5 Å². The van der Waals surface area contributed by atoms with E-state index in [1.807, 2.05) is 11.9 Å². The Morgan fingerprint density at radius 2 is 2.08 bits per heavy atom. The molecule has 0 bridgehead atoms. The summed E-state index contributed by atoms with van der Waals surface area (Å²) in [7, 11) is 1.97. The smallest absolute Gasteiger partial charge is 0.234 e. The third-order valence-corrected chi connectivity index (χ3v) is 5.40. The fraction of sp³-hybridized carbons (Fsp3) is 0.737. The number of carbonyl (C=O) groups excluding carboxylic acids is 1. The maximum atomic E-state index is 12.2. The number of rotatable bonds is 7. The van der Waals surface area contributed by atoms with Gasteiger partial charge in [0, 0.05) is 25.0 Å². The molecule has 0 spiro atoms. The highest BCUT2D eigenvalue weighted by molar-refractivity contribution is 5.78. The first kappa shape index (κ1) is 17.5. The molecule has 1 aromatic rings. The van der Waals surface area contributed by atoms with Crippen molar-refractivity contribution >= 4 is 5.91 Å². The van der Waals surface area contributed by atoms with Crippen LogP contribution < -0.4 is 5.32 Å². The van der Waals surface area contributed by atoms with Gasteiger partial charge in [-0.2, -0.15) is 0 Å². The average Bonchev–Trinajstić information content (AvgIpc) is 3.10. The quantitative estimate of drug-likeness (QED) is 0.833. The maximum Gasteiger partial charge on any atom is 0.234 e. The predicted molar refractivity (Wildman–Crippen MR) is 94.8 cm³/mol. The lowest BCUT2D eigenvalue weighted by Crippen LogP contribution is -2.46. The number of hydrogen-bond acceptors (Lipinski definition) is 4. The van der Waals surface area contributed by atoms with E-state index in [1.165, 1.54) is 6.42 Å². The summed E-state index contributed by atoms with van der Waals surface area (Å²) >= 11 is 0. The number of nitrogens with one attached hydrogen (secondary N) is 1. The molecule has 24 heavy (non-hydrogen) atoms. The van der Waals surface area contributed by atoms with Gasteiger partial charge in [0.15, 0.2) is 0 Å². The zero-order valence-electron chi connectivity index (χ0n) is 15.3. The number of likely N-dealkylation sites (tertiary alicyclic amines) is 1. The van der Waals surface area contributed by atoms with Crippen LogP contribution in [-0.4, -0.2) is 55.0 Å². The summed E-state index contributed by atoms with van der Waals surface area (Å²) in [5, 5.41) is 3.18. The number of piperidine rings is 1. The Hall–Kier alpha value is -1.33. The SMILES string of the molecule is CCN1CCC(NC(=O)CN(C)Cc2ccc([C@H]3C[C@H]3C)o2)CC1. The van der Waals surface area contributed by atoms with E-state index in [4.69, 9.17) is 4.42 Å². The zero-order valence-corrected chi connectivity index (χ0v) is 15.3. The summed E-state index contributed by atoms with van der Waals surface area (Å²) in [4.78, 5) is 16.7. The summed E-state index contributed by atoms with van der Waals surface area (Å²) in [6.45, 7) is 8.84. The molecule has 1 aliphatic heterocycles. The first-order valence-corrected chi connectivity index (χ1v) is 9.34. The molecule has 5 nitrogen and oxygen atoms in total. The number of carbonyl (C=O) groups is 1. The highest BCUT2D eigenvalue weighted by Gasteiger charge is 2.36. The third-order valence-electron chi connectivity index (χ3n) is 5.40. The van der Waals surface area contributed by atoms with Gasteiger partial charge in [-0.05, 0) is 50.9 Å². The molecule has 3 rings (SSSR count). The van der Waals surface area contributed by atoms with Crippen molar-refractivity contribution in [1.82, 2.24) is 15.1 Å². The van der Waals surface area contributed by atoms with E-state index in [-0.39, 0.29) is 5.91 Å². The largest absolute Gasteiger partial charge is 0.464 e. The number of nitrogens with zero attached hydrogens (tertiary/aromatic N) is 2. The molecule has 1 N–H and O–H groups in total. The second kappa shape index (κ2) is 7.70. The average molecular weight is 333 g/mol. The molecule has 0 aromatic carbocycles. The lowest BCUT2D eigenvalue weighted by Gasteiger charge is -2.31. The van der Waals surface area contributed by atoms with Crippen molar-refractivity contribution in [2.45, 2.75) is 51.6 Å². The molecule has 2 aliphatic rings. The second-order valence-corrected chi connectivity index (χ2v) is 7.57. The van der Waals surface area contributed by atoms with Gasteiger partial charge in [-0.25, -0.2) is 0 Å². The van der Waals surface area contributed by atoms with Crippen molar-refractivity contribution in [3.63, 3.8) is 0 Å². The maximum absolute atomic E-state index is 12.2. The van der Waals surface area contributed by atoms with Gasteiger partial charge < -0.3 is 14.6 Å². The number of furan rings is 1. The van der Waals surface area contributed by atoms with E-state index in [1.54, 1.807) is 0 Å². The Morgan fingerprint density at radius 3 is 2.71 bits per heavy atom. The van der Waals surface area contributed by atoms with E-state index >= 15 is 0 Å². The summed E-state index contributed by atoms with van der Waals surface area (Å²) < 4.78 is 5.93. The number of hydrogen-bond donors (Lipinski definition) is 1. The molecular weight excluding hydrogens is 302 g/mol. The molecule has 5 heteroatoms. The molecule has 0 radical (unpaired) electrons. The van der Waals surface area contributed by atoms with Crippen molar-refractivity contribution in [2.75, 3.05) is 33.2 Å². The van der Waals surface area contributed by atoms with Crippen LogP contribution in [0.25, 0.3) is 0 Å². The molecule has 1 saturated carbocycles. The van der Waals surface area contributed by atoms with Crippen LogP contribution in [0.1, 0.15) is 50.5 Å². The fourth-order valence-electron chi connectivity index (χ4n) is 3.63. The monoisotopic (exact) mass is 333 g/mol. The van der Waals surface area contributed by atoms with Gasteiger partial charge in [-0.1, -0.05) is 13.8 Å². The van der Waals surface area contributed by atoms with Crippen molar-refractivity contribution in [3.05, 3.63) is 23.7 Å². The van der Waals surface area contributed by atoms with Crippen LogP contribution >= 0.6 is 0 Å². The Labute approximate surface area is 145 Å². The predicted octanol–water partition coefficient (Wildman–Crippen LogP) is 2.44. The molecule has 1 saturated heterocycles. The lowest BCUT2D eigenvalue weighted by molar-refractivity contribution is -0.123. The van der Waals surface area contributed by atoms with Gasteiger partial charge in [-0.15, -0.1) is 0 Å². The first-order valence-electron chi connectivity index (χ1n) is 9.34. The van der Waals surface area contributed by atoms with Crippen molar-refractivity contribution in [3.8, 4) is 0 Å². The number of likely N-dealkylation sites (N-methyl/N-ethyl adjacent to an activating group) is 1. The summed E-state index contributed by atoms with van der Waals surface area (Å²) in [6.07, 6.45) is 3.36. The van der Waals surface area contributed by atoms with Crippen LogP contribution in [0, 0.1) is 5.92 Å². The Kier molecular flexibility index (Phi) is 5.61. The minimum Gasteiger partial charge on any atom is -0.464 e. The normalized spacial score (nSPS) is 25.2. The van der Waals surface area contributed by atoms with Gasteiger partial charge in [0.25, 0.3) is 0 Å². The molecule has 1 amide bonds. The van der Waals surface area contributed by atoms with Crippen LogP contribution in [0.15, 0.2) is 16.5 Å². The minimum absolute atomic E-state index is 0.120. The molecule has 0 unspecified atom stereocenters. The van der Waals surface area contributed by atoms with Crippen molar-refractivity contribution in [2.24, 2.45) is 5.92 Å². The van der Waals surface area contributed by atoms with Crippen molar-refractivity contribution in [1.29, 1.82) is 0 Å². The van der Waals surface area contributed by atoms with Crippen molar-refractivity contribution < 1.29 is 9.21 Å². The van der Waals surface area contributed by atoms with E-state index in [9.17, 15) is 4.79 Å². The molecular formula is C19H31N3O2. The van der Waals surface area contributed by atoms with Gasteiger partial charge in [0.2, 0.25) is 5.91 Å². The van der Waals surface area contributed by atoms with E-state index < -0.39 is 0 Å². The van der Waals surface area contributed by atoms with E-state index in [0.717, 1.165) is 49.9 Å². The summed E-state index contributed by atoms with van der Waals surface area (Å²) in [5.74, 6) is 3.55. The van der Waals surface area contributed by atoms with E-state index in [2.05, 4.69) is 36.2 Å². The van der Waals surface area contributed by atoms with Crippen LogP contribution in [0.4, 0.5) is 0 Å². The second-order valence-electron chi connectivity index (χ2n) is 7.57. The third kappa shape index (κ3) is 4.61. The van der Waals surface area contributed by atoms with Crippen LogP contribution in [0.5, 0.6) is 0 Å². The fourth-order valence-corrected chi connectivity index (χ4v) is 3.63. The lowest BCUT2D eigenvalue weighted by atomic mass is 10.1.